The topological polar surface area (TPSA) is 41.6 Å². The summed E-state index contributed by atoms with van der Waals surface area (Å²) in [6, 6.07) is 0.202. The van der Waals surface area contributed by atoms with Gasteiger partial charge < -0.3 is 15.0 Å². The quantitative estimate of drug-likeness (QED) is 0.733. The predicted molar refractivity (Wildman–Crippen MR) is 64.3 cm³/mol. The van der Waals surface area contributed by atoms with Gasteiger partial charge in [-0.25, -0.2) is 0 Å². The molecule has 1 aliphatic heterocycles. The van der Waals surface area contributed by atoms with E-state index in [9.17, 15) is 4.79 Å². The summed E-state index contributed by atoms with van der Waals surface area (Å²) in [6.45, 7) is 9.92. The summed E-state index contributed by atoms with van der Waals surface area (Å²) in [6.07, 6.45) is 1.09. The number of hydrogen-bond donors (Lipinski definition) is 1. The predicted octanol–water partition coefficient (Wildman–Crippen LogP) is 0.869. The van der Waals surface area contributed by atoms with E-state index in [2.05, 4.69) is 12.2 Å². The Labute approximate surface area is 98.3 Å². The van der Waals surface area contributed by atoms with E-state index >= 15 is 0 Å². The van der Waals surface area contributed by atoms with E-state index in [-0.39, 0.29) is 17.9 Å². The molecule has 1 amide bonds. The second-order valence-electron chi connectivity index (χ2n) is 4.22. The SMILES string of the molecule is CCCNC1COCC1C(=O)N(CC)CC. The Kier molecular flexibility index (Phi) is 5.77. The molecule has 0 aromatic rings. The van der Waals surface area contributed by atoms with Crippen molar-refractivity contribution >= 4 is 5.91 Å². The van der Waals surface area contributed by atoms with Gasteiger partial charge in [-0.15, -0.1) is 0 Å². The molecule has 94 valence electrons. The summed E-state index contributed by atoms with van der Waals surface area (Å²) in [4.78, 5) is 14.1. The molecule has 4 heteroatoms. The average Bonchev–Trinajstić information content (AvgIpc) is 2.75. The number of nitrogens with one attached hydrogen (secondary N) is 1. The molecule has 1 aliphatic rings. The highest BCUT2D eigenvalue weighted by Gasteiger charge is 2.35. The van der Waals surface area contributed by atoms with Gasteiger partial charge in [-0.2, -0.15) is 0 Å². The summed E-state index contributed by atoms with van der Waals surface area (Å²) in [5.74, 6) is 0.238. The molecule has 0 spiro atoms. The maximum atomic E-state index is 12.2. The molecule has 1 heterocycles. The lowest BCUT2D eigenvalue weighted by Crippen LogP contribution is -2.45. The minimum Gasteiger partial charge on any atom is -0.379 e. The van der Waals surface area contributed by atoms with Gasteiger partial charge in [0.05, 0.1) is 19.1 Å². The van der Waals surface area contributed by atoms with Crippen LogP contribution in [0.5, 0.6) is 0 Å². The van der Waals surface area contributed by atoms with Crippen LogP contribution in [0, 0.1) is 5.92 Å². The van der Waals surface area contributed by atoms with Gasteiger partial charge in [-0.05, 0) is 26.8 Å². The summed E-state index contributed by atoms with van der Waals surface area (Å²) in [7, 11) is 0. The molecular weight excluding hydrogens is 204 g/mol. The lowest BCUT2D eigenvalue weighted by atomic mass is 10.0. The highest BCUT2D eigenvalue weighted by Crippen LogP contribution is 2.16. The van der Waals surface area contributed by atoms with Crippen LogP contribution in [0.1, 0.15) is 27.2 Å². The van der Waals surface area contributed by atoms with Crippen molar-refractivity contribution in [2.24, 2.45) is 5.92 Å². The number of ether oxygens (including phenoxy) is 1. The van der Waals surface area contributed by atoms with Crippen LogP contribution in [0.4, 0.5) is 0 Å². The lowest BCUT2D eigenvalue weighted by Gasteiger charge is -2.25. The first kappa shape index (κ1) is 13.5. The van der Waals surface area contributed by atoms with Crippen LogP contribution in [0.25, 0.3) is 0 Å². The van der Waals surface area contributed by atoms with Crippen LogP contribution in [0.15, 0.2) is 0 Å². The molecule has 16 heavy (non-hydrogen) atoms. The van der Waals surface area contributed by atoms with E-state index < -0.39 is 0 Å². The average molecular weight is 228 g/mol. The zero-order valence-electron chi connectivity index (χ0n) is 10.7. The van der Waals surface area contributed by atoms with Crippen molar-refractivity contribution in [3.8, 4) is 0 Å². The van der Waals surface area contributed by atoms with Crippen molar-refractivity contribution in [3.05, 3.63) is 0 Å². The number of nitrogens with zero attached hydrogens (tertiary/aromatic N) is 1. The van der Waals surface area contributed by atoms with Crippen molar-refractivity contribution in [1.82, 2.24) is 10.2 Å². The Balaban J connectivity index is 2.52. The first-order chi connectivity index (χ1) is 7.74. The Hall–Kier alpha value is -0.610. The number of carbonyl (C=O) groups is 1. The van der Waals surface area contributed by atoms with Crippen LogP contribution in [0.2, 0.25) is 0 Å². The number of amides is 1. The molecule has 4 nitrogen and oxygen atoms in total. The van der Waals surface area contributed by atoms with Crippen LogP contribution >= 0.6 is 0 Å². The first-order valence-electron chi connectivity index (χ1n) is 6.34. The van der Waals surface area contributed by atoms with Crippen LogP contribution in [-0.2, 0) is 9.53 Å². The summed E-state index contributed by atoms with van der Waals surface area (Å²) >= 11 is 0. The maximum Gasteiger partial charge on any atom is 0.229 e. The third-order valence-corrected chi connectivity index (χ3v) is 3.13. The van der Waals surface area contributed by atoms with Gasteiger partial charge >= 0.3 is 0 Å². The van der Waals surface area contributed by atoms with Crippen molar-refractivity contribution < 1.29 is 9.53 Å². The van der Waals surface area contributed by atoms with Crippen molar-refractivity contribution in [3.63, 3.8) is 0 Å². The standard InChI is InChI=1S/C12H24N2O2/c1-4-7-13-11-9-16-8-10(11)12(15)14(5-2)6-3/h10-11,13H,4-9H2,1-3H3. The molecule has 0 saturated carbocycles. The van der Waals surface area contributed by atoms with E-state index in [0.717, 1.165) is 26.1 Å². The van der Waals surface area contributed by atoms with E-state index in [1.54, 1.807) is 0 Å². The van der Waals surface area contributed by atoms with E-state index in [1.165, 1.54) is 0 Å². The van der Waals surface area contributed by atoms with Crippen LogP contribution in [0.3, 0.4) is 0 Å². The van der Waals surface area contributed by atoms with Crippen molar-refractivity contribution in [2.75, 3.05) is 32.8 Å². The van der Waals surface area contributed by atoms with E-state index in [1.807, 2.05) is 18.7 Å². The second kappa shape index (κ2) is 6.86. The fourth-order valence-electron chi connectivity index (χ4n) is 2.10. The summed E-state index contributed by atoms with van der Waals surface area (Å²) in [5, 5.41) is 3.39. The Morgan fingerprint density at radius 3 is 2.56 bits per heavy atom. The molecule has 2 unspecified atom stereocenters. The number of carbonyl (C=O) groups excluding carboxylic acids is 1. The molecule has 0 bridgehead atoms. The largest absolute Gasteiger partial charge is 0.379 e. The van der Waals surface area contributed by atoms with Crippen molar-refractivity contribution in [2.45, 2.75) is 33.2 Å². The molecule has 1 rings (SSSR count). The van der Waals surface area contributed by atoms with Gasteiger partial charge in [0.2, 0.25) is 5.91 Å². The molecule has 1 fully saturated rings. The zero-order chi connectivity index (χ0) is 12.0. The number of rotatable bonds is 6. The van der Waals surface area contributed by atoms with Gasteiger partial charge in [0.25, 0.3) is 0 Å². The van der Waals surface area contributed by atoms with Gasteiger partial charge in [-0.3, -0.25) is 4.79 Å². The van der Waals surface area contributed by atoms with E-state index in [4.69, 9.17) is 4.74 Å². The summed E-state index contributed by atoms with van der Waals surface area (Å²) in [5.41, 5.74) is 0. The fourth-order valence-corrected chi connectivity index (χ4v) is 2.10. The molecule has 1 saturated heterocycles. The highest BCUT2D eigenvalue weighted by molar-refractivity contribution is 5.80. The summed E-state index contributed by atoms with van der Waals surface area (Å²) < 4.78 is 5.42. The smallest absolute Gasteiger partial charge is 0.229 e. The monoisotopic (exact) mass is 228 g/mol. The molecule has 0 aromatic heterocycles. The Morgan fingerprint density at radius 1 is 1.31 bits per heavy atom. The zero-order valence-corrected chi connectivity index (χ0v) is 10.7. The molecule has 0 radical (unpaired) electrons. The Bertz CT molecular complexity index is 217. The van der Waals surface area contributed by atoms with Crippen LogP contribution in [-0.4, -0.2) is 49.7 Å². The minimum atomic E-state index is 0.00597. The van der Waals surface area contributed by atoms with Gasteiger partial charge in [0.15, 0.2) is 0 Å². The highest BCUT2D eigenvalue weighted by atomic mass is 16.5. The maximum absolute atomic E-state index is 12.2. The van der Waals surface area contributed by atoms with Gasteiger partial charge in [-0.1, -0.05) is 6.92 Å². The van der Waals surface area contributed by atoms with Crippen LogP contribution < -0.4 is 5.32 Å². The molecule has 0 aromatic carbocycles. The second-order valence-corrected chi connectivity index (χ2v) is 4.22. The third-order valence-electron chi connectivity index (χ3n) is 3.13. The third kappa shape index (κ3) is 3.19. The fraction of sp³-hybridized carbons (Fsp3) is 0.917. The minimum absolute atomic E-state index is 0.00597. The molecule has 2 atom stereocenters. The van der Waals surface area contributed by atoms with Crippen molar-refractivity contribution in [1.29, 1.82) is 0 Å². The Morgan fingerprint density at radius 2 is 2.00 bits per heavy atom. The van der Waals surface area contributed by atoms with E-state index in [0.29, 0.717) is 13.2 Å². The first-order valence-corrected chi connectivity index (χ1v) is 6.34. The normalized spacial score (nSPS) is 24.7. The molecular formula is C12H24N2O2. The molecule has 0 aliphatic carbocycles. The molecule has 1 N–H and O–H groups in total. The van der Waals surface area contributed by atoms with Gasteiger partial charge in [0, 0.05) is 19.1 Å². The number of hydrogen-bond acceptors (Lipinski definition) is 3. The lowest BCUT2D eigenvalue weighted by molar-refractivity contribution is -0.135. The van der Waals surface area contributed by atoms with Gasteiger partial charge in [0.1, 0.15) is 0 Å².